The summed E-state index contributed by atoms with van der Waals surface area (Å²) in [5.41, 5.74) is 5.40. The smallest absolute Gasteiger partial charge is 0.326 e. The summed E-state index contributed by atoms with van der Waals surface area (Å²) in [6.45, 7) is 9.08. The molecule has 27 heavy (non-hydrogen) atoms. The maximum Gasteiger partial charge on any atom is 0.326 e. The van der Waals surface area contributed by atoms with Crippen molar-refractivity contribution in [1.82, 2.24) is 16.0 Å². The molecule has 0 aromatic heterocycles. The number of amides is 3. The Bertz CT molecular complexity index is 447. The van der Waals surface area contributed by atoms with Gasteiger partial charge in [0.05, 0.1) is 0 Å². The van der Waals surface area contributed by atoms with Crippen molar-refractivity contribution in [2.24, 2.45) is 17.6 Å². The van der Waals surface area contributed by atoms with Gasteiger partial charge in [0.15, 0.2) is 0 Å². The third-order valence-electron chi connectivity index (χ3n) is 3.90. The van der Waals surface area contributed by atoms with Crippen molar-refractivity contribution in [2.45, 2.75) is 71.9 Å². The number of hydrogen-bond donors (Lipinski definition) is 5. The lowest BCUT2D eigenvalue weighted by Crippen LogP contribution is -2.53. The molecule has 0 saturated heterocycles. The molecule has 0 spiro atoms. The van der Waals surface area contributed by atoms with Crippen molar-refractivity contribution in [3.8, 4) is 0 Å². The van der Waals surface area contributed by atoms with E-state index in [1.165, 1.54) is 0 Å². The van der Waals surface area contributed by atoms with Crippen molar-refractivity contribution < 1.29 is 19.5 Å². The van der Waals surface area contributed by atoms with E-state index < -0.39 is 24.1 Å². The van der Waals surface area contributed by atoms with Gasteiger partial charge in [-0.2, -0.15) is 0 Å². The highest BCUT2D eigenvalue weighted by atomic mass is 35.5. The molecule has 0 aromatic rings. The summed E-state index contributed by atoms with van der Waals surface area (Å²) in [4.78, 5) is 35.8. The van der Waals surface area contributed by atoms with Crippen LogP contribution in [0.1, 0.15) is 59.8 Å². The lowest BCUT2D eigenvalue weighted by Gasteiger charge is -2.22. The minimum absolute atomic E-state index is 0. The van der Waals surface area contributed by atoms with Crippen LogP contribution in [0.15, 0.2) is 0 Å². The molecule has 6 N–H and O–H groups in total. The molecule has 2 atom stereocenters. The number of rotatable bonds is 13. The largest absolute Gasteiger partial charge is 0.480 e. The van der Waals surface area contributed by atoms with Crippen LogP contribution in [0.5, 0.6) is 0 Å². The van der Waals surface area contributed by atoms with Crippen LogP contribution < -0.4 is 21.7 Å². The molecule has 0 saturated carbocycles. The minimum Gasteiger partial charge on any atom is -0.480 e. The zero-order valence-electron chi connectivity index (χ0n) is 16.9. The van der Waals surface area contributed by atoms with Crippen molar-refractivity contribution in [3.05, 3.63) is 0 Å². The summed E-state index contributed by atoms with van der Waals surface area (Å²) in [6, 6.07) is -2.33. The van der Waals surface area contributed by atoms with E-state index in [9.17, 15) is 19.5 Å². The first-order valence-electron chi connectivity index (χ1n) is 9.44. The molecule has 0 aliphatic carbocycles. The highest BCUT2D eigenvalue weighted by Gasteiger charge is 2.25. The zero-order chi connectivity index (χ0) is 20.1. The van der Waals surface area contributed by atoms with Crippen LogP contribution in [0.3, 0.4) is 0 Å². The van der Waals surface area contributed by atoms with Crippen molar-refractivity contribution in [3.63, 3.8) is 0 Å². The highest BCUT2D eigenvalue weighted by molar-refractivity contribution is 5.88. The molecule has 0 radical (unpaired) electrons. The number of carbonyl (C=O) groups is 3. The maximum absolute atomic E-state index is 12.3. The number of aliphatic carboxylic acids is 1. The number of nitrogens with two attached hydrogens (primary N) is 1. The number of halogens is 1. The number of carboxylic acid groups (broad SMARTS) is 1. The normalized spacial score (nSPS) is 12.9. The summed E-state index contributed by atoms with van der Waals surface area (Å²) in [7, 11) is 0. The number of carbonyl (C=O) groups excluding carboxylic acids is 2. The van der Waals surface area contributed by atoms with Crippen LogP contribution in [-0.4, -0.2) is 48.2 Å². The fourth-order valence-electron chi connectivity index (χ4n) is 2.42. The molecule has 9 heteroatoms. The van der Waals surface area contributed by atoms with Gasteiger partial charge in [0.25, 0.3) is 0 Å². The fraction of sp³-hybridized carbons (Fsp3) is 0.833. The van der Waals surface area contributed by atoms with Crippen LogP contribution in [0.25, 0.3) is 0 Å². The quantitative estimate of drug-likeness (QED) is 0.296. The van der Waals surface area contributed by atoms with E-state index in [2.05, 4.69) is 29.8 Å². The Kier molecular flexibility index (Phi) is 15.9. The molecule has 0 fully saturated rings. The Morgan fingerprint density at radius 3 is 2.00 bits per heavy atom. The molecule has 0 unspecified atom stereocenters. The highest BCUT2D eigenvalue weighted by Crippen LogP contribution is 2.06. The van der Waals surface area contributed by atoms with E-state index in [-0.39, 0.29) is 24.2 Å². The molecular weight excluding hydrogens is 372 g/mol. The monoisotopic (exact) mass is 408 g/mol. The number of unbranched alkanes of at least 4 members (excludes halogenated alkanes) is 1. The van der Waals surface area contributed by atoms with Crippen molar-refractivity contribution in [2.75, 3.05) is 13.1 Å². The van der Waals surface area contributed by atoms with Gasteiger partial charge in [0.1, 0.15) is 12.1 Å². The van der Waals surface area contributed by atoms with Crippen LogP contribution in [0.4, 0.5) is 4.79 Å². The average Bonchev–Trinajstić information content (AvgIpc) is 2.52. The number of urea groups is 1. The van der Waals surface area contributed by atoms with Gasteiger partial charge in [0, 0.05) is 6.54 Å². The number of hydrogen-bond acceptors (Lipinski definition) is 4. The topological polar surface area (TPSA) is 134 Å². The summed E-state index contributed by atoms with van der Waals surface area (Å²) >= 11 is 0. The summed E-state index contributed by atoms with van der Waals surface area (Å²) in [6.07, 6.45) is 2.94. The Morgan fingerprint density at radius 2 is 1.52 bits per heavy atom. The molecule has 0 heterocycles. The van der Waals surface area contributed by atoms with Gasteiger partial charge in [-0.25, -0.2) is 9.59 Å². The first kappa shape index (κ1) is 27.7. The van der Waals surface area contributed by atoms with E-state index in [1.54, 1.807) is 0 Å². The van der Waals surface area contributed by atoms with Gasteiger partial charge in [-0.05, 0) is 50.5 Å². The molecule has 0 aliphatic rings. The van der Waals surface area contributed by atoms with Crippen LogP contribution >= 0.6 is 12.4 Å². The molecule has 0 aromatic carbocycles. The van der Waals surface area contributed by atoms with E-state index in [1.807, 2.05) is 13.8 Å². The van der Waals surface area contributed by atoms with E-state index in [4.69, 9.17) is 5.73 Å². The molecule has 0 aliphatic heterocycles. The third-order valence-corrected chi connectivity index (χ3v) is 3.90. The number of carboxylic acids is 1. The molecule has 0 bridgehead atoms. The second-order valence-electron chi connectivity index (χ2n) is 7.45. The predicted octanol–water partition coefficient (Wildman–Crippen LogP) is 1.87. The zero-order valence-corrected chi connectivity index (χ0v) is 17.7. The second kappa shape index (κ2) is 15.5. The first-order chi connectivity index (χ1) is 12.2. The molecule has 8 nitrogen and oxygen atoms in total. The standard InChI is InChI=1S/C18H36N4O4.ClH/c1-12(2)8-10-20-16(23)15(11-13(3)4)22-18(26)21-14(17(24)25)7-5-6-9-19;/h12-15H,5-11,19H2,1-4H3,(H,20,23)(H,24,25)(H2,21,22,26);1H/t14-,15+;/m0./s1. The maximum atomic E-state index is 12.3. The number of nitrogens with one attached hydrogen (secondary N) is 3. The van der Waals surface area contributed by atoms with Gasteiger partial charge in [-0.3, -0.25) is 4.79 Å². The van der Waals surface area contributed by atoms with Gasteiger partial charge in [0.2, 0.25) is 5.91 Å². The summed E-state index contributed by atoms with van der Waals surface area (Å²) in [5.74, 6) is -0.667. The van der Waals surface area contributed by atoms with Crippen molar-refractivity contribution >= 4 is 30.3 Å². The Balaban J connectivity index is 0. The molecule has 0 rings (SSSR count). The summed E-state index contributed by atoms with van der Waals surface area (Å²) < 4.78 is 0. The third kappa shape index (κ3) is 14.2. The Hall–Kier alpha value is -1.54. The van der Waals surface area contributed by atoms with Crippen LogP contribution in [-0.2, 0) is 9.59 Å². The molecule has 160 valence electrons. The SMILES string of the molecule is CC(C)CCNC(=O)[C@@H](CC(C)C)NC(=O)N[C@@H](CCCCN)C(=O)O.Cl. The van der Waals surface area contributed by atoms with E-state index in [0.29, 0.717) is 44.7 Å². The summed E-state index contributed by atoms with van der Waals surface area (Å²) in [5, 5.41) is 17.1. The Labute approximate surface area is 168 Å². The Morgan fingerprint density at radius 1 is 0.926 bits per heavy atom. The fourth-order valence-corrected chi connectivity index (χ4v) is 2.42. The van der Waals surface area contributed by atoms with E-state index >= 15 is 0 Å². The van der Waals surface area contributed by atoms with Gasteiger partial charge < -0.3 is 26.8 Å². The predicted molar refractivity (Wildman–Crippen MR) is 109 cm³/mol. The first-order valence-corrected chi connectivity index (χ1v) is 9.44. The van der Waals surface area contributed by atoms with Gasteiger partial charge in [-0.15, -0.1) is 12.4 Å². The van der Waals surface area contributed by atoms with Gasteiger partial charge >= 0.3 is 12.0 Å². The average molecular weight is 409 g/mol. The minimum atomic E-state index is -1.10. The second-order valence-corrected chi connectivity index (χ2v) is 7.45. The lowest BCUT2D eigenvalue weighted by molar-refractivity contribution is -0.139. The van der Waals surface area contributed by atoms with Crippen LogP contribution in [0, 0.1) is 11.8 Å². The van der Waals surface area contributed by atoms with E-state index in [0.717, 1.165) is 6.42 Å². The van der Waals surface area contributed by atoms with Gasteiger partial charge in [-0.1, -0.05) is 27.7 Å². The lowest BCUT2D eigenvalue weighted by atomic mass is 10.0. The van der Waals surface area contributed by atoms with Crippen LogP contribution in [0.2, 0.25) is 0 Å². The molecule has 3 amide bonds. The molecular formula is C18H37ClN4O4. The van der Waals surface area contributed by atoms with Crippen molar-refractivity contribution in [1.29, 1.82) is 0 Å².